The van der Waals surface area contributed by atoms with Gasteiger partial charge in [0.25, 0.3) is 10.0 Å². The fraction of sp³-hybridized carbons (Fsp3) is 0.204. The number of nitrogens with zero attached hydrogens (tertiary/aromatic N) is 17. The van der Waals surface area contributed by atoms with Gasteiger partial charge in [-0.2, -0.15) is 4.98 Å². The van der Waals surface area contributed by atoms with Gasteiger partial charge in [0.05, 0.1) is 70.0 Å². The first-order valence-electron chi connectivity index (χ1n) is 43.8. The number of nitrogen functional groups attached to an aromatic ring is 7. The summed E-state index contributed by atoms with van der Waals surface area (Å²) in [6.45, 7) is 22.3. The van der Waals surface area contributed by atoms with Crippen LogP contribution in [0, 0.1) is 27.7 Å². The normalized spacial score (nSPS) is 11.6. The number of nitrogens with one attached hydrogen (secondary N) is 1. The Morgan fingerprint density at radius 2 is 0.865 bits per heavy atom. The number of aryl methyl sites for hydroxylation is 9. The van der Waals surface area contributed by atoms with E-state index >= 15 is 0 Å². The van der Waals surface area contributed by atoms with Crippen molar-refractivity contribution in [1.29, 1.82) is 0 Å². The fourth-order valence-electron chi connectivity index (χ4n) is 15.1. The molecule has 0 bridgehead atoms. The van der Waals surface area contributed by atoms with Gasteiger partial charge in [0.2, 0.25) is 41.6 Å². The number of nitrogens with two attached hydrogens (primary N) is 7. The van der Waals surface area contributed by atoms with E-state index in [9.17, 15) is 8.42 Å². The molecule has 19 rings (SSSR count). The summed E-state index contributed by atoms with van der Waals surface area (Å²) in [4.78, 5) is 68.0. The molecule has 10 heterocycles. The number of aromatic nitrogens is 15. The summed E-state index contributed by atoms with van der Waals surface area (Å²) < 4.78 is 27.7. The van der Waals surface area contributed by atoms with E-state index in [0.29, 0.717) is 63.3 Å². The highest BCUT2D eigenvalue weighted by Crippen LogP contribution is 2.37. The van der Waals surface area contributed by atoms with E-state index < -0.39 is 10.0 Å². The van der Waals surface area contributed by atoms with E-state index in [1.807, 2.05) is 116 Å². The summed E-state index contributed by atoms with van der Waals surface area (Å²) in [6, 6.07) is 65.9. The van der Waals surface area contributed by atoms with E-state index in [1.54, 1.807) is 43.6 Å². The smallest absolute Gasteiger partial charge is 0.268 e. The van der Waals surface area contributed by atoms with Crippen LogP contribution in [0.15, 0.2) is 233 Å². The monoisotopic (exact) mass is 1810 g/mol. The van der Waals surface area contributed by atoms with E-state index in [-0.39, 0.29) is 17.5 Å². The summed E-state index contributed by atoms with van der Waals surface area (Å²) in [5, 5.41) is 13.1. The van der Waals surface area contributed by atoms with Crippen molar-refractivity contribution in [1.82, 2.24) is 73.7 Å². The Morgan fingerprint density at radius 1 is 0.398 bits per heavy atom. The Kier molecular flexibility index (Phi) is 31.3. The Hall–Kier alpha value is -15.5. The summed E-state index contributed by atoms with van der Waals surface area (Å²) in [7, 11) is -2.11. The summed E-state index contributed by atoms with van der Waals surface area (Å²) in [5.41, 5.74) is 72.8. The minimum Gasteiger partial charge on any atom is -0.392 e. The molecule has 8 aromatic carbocycles. The molecule has 0 saturated heterocycles. The quantitative estimate of drug-likeness (QED) is 0.0409. The maximum absolute atomic E-state index is 13.2. The number of fused-ring (bicyclic) bond motifs is 4. The third-order valence-electron chi connectivity index (χ3n) is 22.1. The van der Waals surface area contributed by atoms with Crippen LogP contribution in [-0.4, -0.2) is 107 Å². The predicted molar refractivity (Wildman–Crippen MR) is 539 cm³/mol. The van der Waals surface area contributed by atoms with Crippen molar-refractivity contribution in [2.45, 2.75) is 139 Å². The molecule has 16 aromatic rings. The maximum atomic E-state index is 13.2. The second-order valence-corrected chi connectivity index (χ2v) is 33.7. The number of rotatable bonds is 17. The number of halogens is 1. The minimum atomic E-state index is -3.83. The van der Waals surface area contributed by atoms with Crippen LogP contribution in [0.2, 0.25) is 5.02 Å². The Bertz CT molecular complexity index is 7060. The zero-order valence-corrected chi connectivity index (χ0v) is 77.9. The molecule has 0 unspecified atom stereocenters. The molecule has 2 aliphatic heterocycles. The molecule has 3 aliphatic rings. The van der Waals surface area contributed by atoms with Gasteiger partial charge in [-0.3, -0.25) is 9.98 Å². The van der Waals surface area contributed by atoms with Crippen molar-refractivity contribution < 1.29 is 13.5 Å². The molecule has 30 heteroatoms. The minimum absolute atomic E-state index is 0.0480. The highest BCUT2D eigenvalue weighted by molar-refractivity contribution is 7.90. The molecule has 16 N–H and O–H groups in total. The average molecular weight is 1810 g/mol. The topological polar surface area (TPSA) is 459 Å². The van der Waals surface area contributed by atoms with Crippen LogP contribution in [0.5, 0.6) is 0 Å². The maximum Gasteiger partial charge on any atom is 0.268 e. The van der Waals surface area contributed by atoms with Crippen LogP contribution in [0.3, 0.4) is 0 Å². The zero-order valence-electron chi connectivity index (χ0n) is 76.3. The number of hydrogen-bond donors (Lipinski definition) is 9. The summed E-state index contributed by atoms with van der Waals surface area (Å²) in [6.07, 6.45) is 15.9. The van der Waals surface area contributed by atoms with Gasteiger partial charge in [-0.25, -0.2) is 77.2 Å². The number of hydrogen-bond acceptors (Lipinski definition) is 27. The molecule has 676 valence electrons. The molecular formula is C103H108ClN25O3S. The van der Waals surface area contributed by atoms with Crippen LogP contribution < -0.4 is 45.5 Å². The number of aliphatic hydroxyl groups excluding tert-OH is 1. The van der Waals surface area contributed by atoms with Crippen molar-refractivity contribution in [3.8, 4) is 78.8 Å². The largest absolute Gasteiger partial charge is 0.392 e. The highest BCUT2D eigenvalue weighted by Gasteiger charge is 2.24. The molecule has 0 spiro atoms. The van der Waals surface area contributed by atoms with E-state index in [4.69, 9.17) is 56.8 Å². The van der Waals surface area contributed by atoms with Crippen LogP contribution in [0.4, 0.5) is 47.5 Å². The van der Waals surface area contributed by atoms with Gasteiger partial charge in [-0.1, -0.05) is 186 Å². The number of para-hydroxylation sites is 1. The average Bonchev–Trinajstić information content (AvgIpc) is 1.60. The number of anilines is 8. The third kappa shape index (κ3) is 24.0. The second kappa shape index (κ2) is 43.8. The second-order valence-electron chi connectivity index (χ2n) is 31.5. The first-order valence-corrected chi connectivity index (χ1v) is 45.6. The molecule has 0 fully saturated rings. The lowest BCUT2D eigenvalue weighted by molar-refractivity contribution is 0.282. The van der Waals surface area contributed by atoms with Crippen LogP contribution in [-0.2, 0) is 74.7 Å². The van der Waals surface area contributed by atoms with Gasteiger partial charge in [0.15, 0.2) is 0 Å². The van der Waals surface area contributed by atoms with Crippen molar-refractivity contribution in [2.75, 3.05) is 52.5 Å². The van der Waals surface area contributed by atoms with Crippen LogP contribution in [0.25, 0.3) is 95.8 Å². The molecule has 0 saturated carbocycles. The molecule has 0 amide bonds. The van der Waals surface area contributed by atoms with Crippen molar-refractivity contribution in [3.63, 3.8) is 0 Å². The number of benzene rings is 8. The van der Waals surface area contributed by atoms with E-state index in [0.717, 1.165) is 171 Å². The van der Waals surface area contributed by atoms with E-state index in [2.05, 4.69) is 226 Å². The molecule has 0 atom stereocenters. The van der Waals surface area contributed by atoms with Gasteiger partial charge < -0.3 is 50.6 Å². The molecule has 1 aliphatic carbocycles. The van der Waals surface area contributed by atoms with Crippen molar-refractivity contribution in [3.05, 3.63) is 319 Å². The van der Waals surface area contributed by atoms with Crippen molar-refractivity contribution in [2.24, 2.45) is 9.98 Å². The molecule has 28 nitrogen and oxygen atoms in total. The van der Waals surface area contributed by atoms with Crippen molar-refractivity contribution >= 4 is 98.5 Å². The lowest BCUT2D eigenvalue weighted by Gasteiger charge is -2.10. The Morgan fingerprint density at radius 3 is 1.41 bits per heavy atom. The highest BCUT2D eigenvalue weighted by atomic mass is 35.5. The van der Waals surface area contributed by atoms with Crippen LogP contribution in [0.1, 0.15) is 137 Å². The van der Waals surface area contributed by atoms with Gasteiger partial charge in [-0.05, 0) is 208 Å². The SMILES string of the molecule is CCc1cc(-c2cc3c(cc2C)CN=C3)nc(N)n1.CCc1cc(-c2ccc(CO)cc2)nc(N)n1.CCc1cc(-c2ccc3c(c2)C=CC3)nc(N)n1.CCc1cc(-c2ccc3c(c2C)C=NC3)nc(N)n1.CCc1cc(-c2cccc(C)c2)nc(N)n1.CCc1cc(-c2ccccc2C)nc(N)n1.CNc1cc(-c2cn(S(=O)(=O)c3ccc(Cl)cc3)c3ccccc23)nc(N)n1. The molecule has 133 heavy (non-hydrogen) atoms. The first kappa shape index (κ1) is 95.1. The predicted octanol–water partition coefficient (Wildman–Crippen LogP) is 18.5. The fourth-order valence-corrected chi connectivity index (χ4v) is 16.6. The molecular weight excluding hydrogens is 1700 g/mol. The zero-order chi connectivity index (χ0) is 94.6. The number of aliphatic imine (C=N–C) groups is 2. The summed E-state index contributed by atoms with van der Waals surface area (Å²) in [5.74, 6) is 2.64. The number of allylic oxidation sites excluding steroid dienone is 1. The summed E-state index contributed by atoms with van der Waals surface area (Å²) >= 11 is 5.90. The lowest BCUT2D eigenvalue weighted by Crippen LogP contribution is -2.11. The van der Waals surface area contributed by atoms with Crippen LogP contribution >= 0.6 is 11.6 Å². The van der Waals surface area contributed by atoms with Gasteiger partial charge in [0, 0.05) is 121 Å². The van der Waals surface area contributed by atoms with Gasteiger partial charge in [-0.15, -0.1) is 0 Å². The van der Waals surface area contributed by atoms with E-state index in [1.165, 1.54) is 71.7 Å². The molecule has 8 aromatic heterocycles. The standard InChI is InChI=1S/C19H16ClN5O2S.2C15H16N4.C15H15N3.C13H15N3O.2C13H15N3/c1-22-18-10-16(23-19(21)24-18)15-11-25(17-5-3-2-4-14(15)17)28(26,27)13-8-6-12(20)7-9-13;1-3-12-6-14(19-15(16)18-12)13-5-11-8-17-7-10(11)4-9(13)2;1-3-11-6-14(19-15(16)18-11)12-5-4-10-7-17-8-13(10)9(12)2;1-2-13-9-14(18-15(16)17-13)12-7-6-10-4-3-5-11(10)8-12;1-2-11-7-12(16-13(14)15-11)10-5-3-9(8-17)4-6-10;1-3-11-8-12(16-13(14)15-11)10-6-4-5-9(2)7-10;1-3-10-8-12(16-13(14)15-10)11-7-5-4-6-9(11)2/h2-11H,1H3,(H3,21,22,23,24);2*4-6,8H,3,7H2,1-2H3,(H2,16,18,19);3,5-9H,2,4H2,1H3,(H2,16,17,18);3-7,17H,2,8H2,1H3,(H2,14,15,16);2*4-8H,3H2,1-2H3,(H2,14,15,16). The Labute approximate surface area is 779 Å². The number of aliphatic hydroxyl groups is 1. The van der Waals surface area contributed by atoms with Gasteiger partial charge >= 0.3 is 0 Å². The van der Waals surface area contributed by atoms with Gasteiger partial charge in [0.1, 0.15) is 5.82 Å². The first-order chi connectivity index (χ1) is 64.1. The Balaban J connectivity index is 0.000000133. The third-order valence-corrected chi connectivity index (χ3v) is 24.1. The molecule has 0 radical (unpaired) electrons. The lowest BCUT2D eigenvalue weighted by atomic mass is 9.96.